The van der Waals surface area contributed by atoms with Crippen molar-refractivity contribution in [3.05, 3.63) is 47.7 Å². The lowest BCUT2D eigenvalue weighted by Crippen LogP contribution is -2.35. The average Bonchev–Trinajstić information content (AvgIpc) is 3.24. The Bertz CT molecular complexity index is 737. The second-order valence-electron chi connectivity index (χ2n) is 6.48. The number of oxazole rings is 1. The van der Waals surface area contributed by atoms with Gasteiger partial charge >= 0.3 is 0 Å². The molecule has 0 spiro atoms. The summed E-state index contributed by atoms with van der Waals surface area (Å²) in [5.74, 6) is 2.29. The second kappa shape index (κ2) is 8.15. The van der Waals surface area contributed by atoms with Crippen LogP contribution in [-0.4, -0.2) is 54.1 Å². The molecule has 1 aromatic carbocycles. The molecule has 1 aliphatic heterocycles. The van der Waals surface area contributed by atoms with Crippen LogP contribution in [0.3, 0.4) is 0 Å². The summed E-state index contributed by atoms with van der Waals surface area (Å²) in [5.41, 5.74) is 0.586. The van der Waals surface area contributed by atoms with Gasteiger partial charge in [-0.05, 0) is 39.1 Å². The van der Waals surface area contributed by atoms with E-state index in [1.165, 1.54) is 0 Å². The number of para-hydroxylation sites is 1. The predicted molar refractivity (Wildman–Crippen MR) is 94.2 cm³/mol. The van der Waals surface area contributed by atoms with Crippen LogP contribution in [0, 0.1) is 18.3 Å². The molecule has 0 saturated carbocycles. The van der Waals surface area contributed by atoms with Gasteiger partial charge in [-0.2, -0.15) is 5.26 Å². The van der Waals surface area contributed by atoms with Crippen LogP contribution in [0.25, 0.3) is 0 Å². The Morgan fingerprint density at radius 3 is 3.04 bits per heavy atom. The van der Waals surface area contributed by atoms with Crippen molar-refractivity contribution in [2.75, 3.05) is 33.3 Å². The quantitative estimate of drug-likeness (QED) is 0.771. The maximum absolute atomic E-state index is 9.09. The Balaban J connectivity index is 1.43. The molecule has 0 amide bonds. The van der Waals surface area contributed by atoms with Crippen LogP contribution in [-0.2, 0) is 6.54 Å². The number of likely N-dealkylation sites (N-methyl/N-ethyl adjacent to an activating group) is 1. The van der Waals surface area contributed by atoms with Gasteiger partial charge in [0.2, 0.25) is 5.89 Å². The number of ether oxygens (including phenoxy) is 1. The van der Waals surface area contributed by atoms with E-state index in [1.54, 1.807) is 12.3 Å². The van der Waals surface area contributed by atoms with Crippen LogP contribution in [0.4, 0.5) is 0 Å². The zero-order valence-electron chi connectivity index (χ0n) is 14.8. The fourth-order valence-corrected chi connectivity index (χ4v) is 3.16. The Labute approximate surface area is 148 Å². The van der Waals surface area contributed by atoms with E-state index in [-0.39, 0.29) is 0 Å². The molecule has 132 valence electrons. The van der Waals surface area contributed by atoms with Gasteiger partial charge in [-0.25, -0.2) is 4.98 Å². The van der Waals surface area contributed by atoms with Crippen LogP contribution >= 0.6 is 0 Å². The van der Waals surface area contributed by atoms with Gasteiger partial charge < -0.3 is 9.15 Å². The predicted octanol–water partition coefficient (Wildman–Crippen LogP) is 2.44. The highest BCUT2D eigenvalue weighted by atomic mass is 16.5. The molecule has 25 heavy (non-hydrogen) atoms. The largest absolute Gasteiger partial charge is 0.491 e. The first-order valence-electron chi connectivity index (χ1n) is 8.61. The van der Waals surface area contributed by atoms with Crippen molar-refractivity contribution in [2.45, 2.75) is 25.9 Å². The van der Waals surface area contributed by atoms with Crippen molar-refractivity contribution in [2.24, 2.45) is 0 Å². The van der Waals surface area contributed by atoms with Crippen molar-refractivity contribution in [1.29, 1.82) is 5.26 Å². The topological polar surface area (TPSA) is 65.5 Å². The molecule has 1 aliphatic rings. The summed E-state index contributed by atoms with van der Waals surface area (Å²) in [6, 6.07) is 10.0. The molecule has 0 aliphatic carbocycles. The fraction of sp³-hybridized carbons (Fsp3) is 0.474. The standard InChI is InChI=1S/C19H24N4O2/c1-15-12-21-19(25-15)14-22(2)17-7-8-23(13-17)9-10-24-18-6-4-3-5-16(18)11-20/h3-6,12,17H,7-10,13-14H2,1-2H3/t17-/m0/s1. The molecule has 0 radical (unpaired) electrons. The number of likely N-dealkylation sites (tertiary alicyclic amines) is 1. The SMILES string of the molecule is Cc1cnc(CN(C)[C@H]2CCN(CCOc3ccccc3C#N)C2)o1. The zero-order chi connectivity index (χ0) is 17.6. The summed E-state index contributed by atoms with van der Waals surface area (Å²) in [5, 5.41) is 9.09. The molecule has 2 aromatic rings. The van der Waals surface area contributed by atoms with Gasteiger partial charge in [0.25, 0.3) is 0 Å². The first kappa shape index (κ1) is 17.5. The second-order valence-corrected chi connectivity index (χ2v) is 6.48. The monoisotopic (exact) mass is 340 g/mol. The molecular formula is C19H24N4O2. The molecule has 1 atom stereocenters. The molecule has 1 aromatic heterocycles. The lowest BCUT2D eigenvalue weighted by atomic mass is 10.2. The lowest BCUT2D eigenvalue weighted by Gasteiger charge is -2.23. The van der Waals surface area contributed by atoms with Crippen LogP contribution in [0.1, 0.15) is 23.6 Å². The number of aromatic nitrogens is 1. The summed E-state index contributed by atoms with van der Waals surface area (Å²) in [4.78, 5) is 8.98. The third kappa shape index (κ3) is 4.59. The molecule has 2 heterocycles. The molecule has 3 rings (SSSR count). The van der Waals surface area contributed by atoms with Crippen LogP contribution in [0.2, 0.25) is 0 Å². The summed E-state index contributed by atoms with van der Waals surface area (Å²) < 4.78 is 11.3. The average molecular weight is 340 g/mol. The fourth-order valence-electron chi connectivity index (χ4n) is 3.16. The van der Waals surface area contributed by atoms with E-state index in [9.17, 15) is 0 Å². The van der Waals surface area contributed by atoms with Gasteiger partial charge in [0.05, 0.1) is 18.3 Å². The van der Waals surface area contributed by atoms with Gasteiger partial charge in [-0.15, -0.1) is 0 Å². The van der Waals surface area contributed by atoms with Gasteiger partial charge in [0, 0.05) is 19.1 Å². The van der Waals surface area contributed by atoms with E-state index in [1.807, 2.05) is 25.1 Å². The van der Waals surface area contributed by atoms with E-state index in [0.717, 1.165) is 44.3 Å². The van der Waals surface area contributed by atoms with E-state index >= 15 is 0 Å². The maximum Gasteiger partial charge on any atom is 0.208 e. The van der Waals surface area contributed by atoms with E-state index in [0.29, 0.717) is 24.0 Å². The number of nitriles is 1. The first-order chi connectivity index (χ1) is 12.2. The van der Waals surface area contributed by atoms with E-state index < -0.39 is 0 Å². The summed E-state index contributed by atoms with van der Waals surface area (Å²) in [6.45, 7) is 6.18. The molecule has 0 unspecified atom stereocenters. The highest BCUT2D eigenvalue weighted by Gasteiger charge is 2.26. The normalized spacial score (nSPS) is 17.8. The van der Waals surface area contributed by atoms with Crippen molar-refractivity contribution in [1.82, 2.24) is 14.8 Å². The number of benzene rings is 1. The smallest absolute Gasteiger partial charge is 0.208 e. The highest BCUT2D eigenvalue weighted by molar-refractivity contribution is 5.42. The molecular weight excluding hydrogens is 316 g/mol. The number of hydrogen-bond donors (Lipinski definition) is 0. The Morgan fingerprint density at radius 1 is 1.44 bits per heavy atom. The third-order valence-electron chi connectivity index (χ3n) is 4.60. The Morgan fingerprint density at radius 2 is 2.28 bits per heavy atom. The summed E-state index contributed by atoms with van der Waals surface area (Å²) in [6.07, 6.45) is 2.89. The van der Waals surface area contributed by atoms with E-state index in [2.05, 4.69) is 27.9 Å². The molecule has 6 nitrogen and oxygen atoms in total. The van der Waals surface area contributed by atoms with Gasteiger partial charge in [-0.1, -0.05) is 12.1 Å². The van der Waals surface area contributed by atoms with Crippen LogP contribution in [0.15, 0.2) is 34.9 Å². The van der Waals surface area contributed by atoms with Gasteiger partial charge in [0.15, 0.2) is 0 Å². The van der Waals surface area contributed by atoms with Crippen molar-refractivity contribution < 1.29 is 9.15 Å². The minimum Gasteiger partial charge on any atom is -0.491 e. The lowest BCUT2D eigenvalue weighted by molar-refractivity contribution is 0.192. The number of rotatable bonds is 7. The molecule has 1 saturated heterocycles. The minimum absolute atomic E-state index is 0.499. The van der Waals surface area contributed by atoms with Crippen molar-refractivity contribution in [3.63, 3.8) is 0 Å². The molecule has 1 fully saturated rings. The molecule has 0 bridgehead atoms. The summed E-state index contributed by atoms with van der Waals surface area (Å²) in [7, 11) is 2.12. The minimum atomic E-state index is 0.499. The van der Waals surface area contributed by atoms with Crippen LogP contribution in [0.5, 0.6) is 5.75 Å². The van der Waals surface area contributed by atoms with Crippen LogP contribution < -0.4 is 4.74 Å². The molecule has 0 N–H and O–H groups in total. The first-order valence-corrected chi connectivity index (χ1v) is 8.61. The third-order valence-corrected chi connectivity index (χ3v) is 4.60. The molecule has 6 heteroatoms. The zero-order valence-corrected chi connectivity index (χ0v) is 14.8. The highest BCUT2D eigenvalue weighted by Crippen LogP contribution is 2.18. The number of hydrogen-bond acceptors (Lipinski definition) is 6. The van der Waals surface area contributed by atoms with E-state index in [4.69, 9.17) is 14.4 Å². The maximum atomic E-state index is 9.09. The summed E-state index contributed by atoms with van der Waals surface area (Å²) >= 11 is 0. The number of aryl methyl sites for hydroxylation is 1. The Hall–Kier alpha value is -2.36. The van der Waals surface area contributed by atoms with Gasteiger partial charge in [-0.3, -0.25) is 9.80 Å². The van der Waals surface area contributed by atoms with Crippen molar-refractivity contribution >= 4 is 0 Å². The number of nitrogens with zero attached hydrogens (tertiary/aromatic N) is 4. The van der Waals surface area contributed by atoms with Gasteiger partial charge in [0.1, 0.15) is 24.2 Å². The Kier molecular flexibility index (Phi) is 5.69. The van der Waals surface area contributed by atoms with Crippen molar-refractivity contribution in [3.8, 4) is 11.8 Å².